The standard InChI is InChI=1S/C23H38N4O/c1-6-24-23(27(5)17-20-12-10-18(2)11-13-20)25-15-14-19-8-7-9-21(16-19)22(28)26(3)4/h7-9,16,18,20H,6,10-15,17H2,1-5H3,(H,24,25). The first kappa shape index (κ1) is 22.3. The number of carbonyl (C=O) groups is 1. The van der Waals surface area contributed by atoms with E-state index in [9.17, 15) is 4.79 Å². The third-order valence-corrected chi connectivity index (χ3v) is 5.61. The molecule has 1 fully saturated rings. The molecule has 1 aliphatic carbocycles. The summed E-state index contributed by atoms with van der Waals surface area (Å²) in [5, 5.41) is 3.43. The van der Waals surface area contributed by atoms with Gasteiger partial charge in [0.05, 0.1) is 0 Å². The Kier molecular flexibility index (Phi) is 8.81. The van der Waals surface area contributed by atoms with Crippen LogP contribution in [0, 0.1) is 11.8 Å². The third-order valence-electron chi connectivity index (χ3n) is 5.61. The topological polar surface area (TPSA) is 47.9 Å². The molecule has 2 rings (SSSR count). The summed E-state index contributed by atoms with van der Waals surface area (Å²) >= 11 is 0. The van der Waals surface area contributed by atoms with E-state index >= 15 is 0 Å². The lowest BCUT2D eigenvalue weighted by Crippen LogP contribution is -2.42. The van der Waals surface area contributed by atoms with Gasteiger partial charge in [0.15, 0.2) is 5.96 Å². The van der Waals surface area contributed by atoms with E-state index < -0.39 is 0 Å². The highest BCUT2D eigenvalue weighted by molar-refractivity contribution is 5.94. The number of hydrogen-bond acceptors (Lipinski definition) is 2. The minimum absolute atomic E-state index is 0.0419. The van der Waals surface area contributed by atoms with E-state index in [1.165, 1.54) is 25.7 Å². The zero-order valence-corrected chi connectivity index (χ0v) is 18.4. The van der Waals surface area contributed by atoms with Crippen molar-refractivity contribution in [1.82, 2.24) is 15.1 Å². The van der Waals surface area contributed by atoms with E-state index in [-0.39, 0.29) is 5.91 Å². The third kappa shape index (κ3) is 6.84. The van der Waals surface area contributed by atoms with Crippen LogP contribution in [0.25, 0.3) is 0 Å². The predicted octanol–water partition coefficient (Wildman–Crippen LogP) is 3.65. The van der Waals surface area contributed by atoms with Gasteiger partial charge in [-0.15, -0.1) is 0 Å². The van der Waals surface area contributed by atoms with Crippen molar-refractivity contribution in [2.24, 2.45) is 16.8 Å². The fourth-order valence-corrected chi connectivity index (χ4v) is 3.86. The SMILES string of the molecule is CCNC(=NCCc1cccc(C(=O)N(C)C)c1)N(C)CC1CCC(C)CC1. The second kappa shape index (κ2) is 11.1. The summed E-state index contributed by atoms with van der Waals surface area (Å²) in [6.07, 6.45) is 6.20. The number of hydrogen-bond donors (Lipinski definition) is 1. The van der Waals surface area contributed by atoms with Crippen molar-refractivity contribution in [2.45, 2.75) is 46.0 Å². The van der Waals surface area contributed by atoms with Gasteiger partial charge in [0.25, 0.3) is 5.91 Å². The van der Waals surface area contributed by atoms with Crippen LogP contribution >= 0.6 is 0 Å². The molecule has 1 aromatic carbocycles. The van der Waals surface area contributed by atoms with E-state index in [4.69, 9.17) is 4.99 Å². The van der Waals surface area contributed by atoms with Gasteiger partial charge in [0.1, 0.15) is 0 Å². The molecule has 1 N–H and O–H groups in total. The minimum atomic E-state index is 0.0419. The Balaban J connectivity index is 1.93. The summed E-state index contributed by atoms with van der Waals surface area (Å²) in [6.45, 7) is 7.14. The van der Waals surface area contributed by atoms with Gasteiger partial charge in [0.2, 0.25) is 0 Å². The Morgan fingerprint density at radius 2 is 1.89 bits per heavy atom. The first-order valence-corrected chi connectivity index (χ1v) is 10.7. The molecule has 0 aromatic heterocycles. The molecule has 28 heavy (non-hydrogen) atoms. The molecular formula is C23H38N4O. The summed E-state index contributed by atoms with van der Waals surface area (Å²) in [6, 6.07) is 7.88. The number of benzene rings is 1. The second-order valence-corrected chi connectivity index (χ2v) is 8.39. The molecule has 0 atom stereocenters. The fraction of sp³-hybridized carbons (Fsp3) is 0.652. The number of aliphatic imine (C=N–C) groups is 1. The summed E-state index contributed by atoms with van der Waals surface area (Å²) < 4.78 is 0. The molecule has 0 saturated heterocycles. The molecule has 5 heteroatoms. The quantitative estimate of drug-likeness (QED) is 0.575. The molecule has 0 unspecified atom stereocenters. The number of guanidine groups is 1. The average molecular weight is 387 g/mol. The highest BCUT2D eigenvalue weighted by atomic mass is 16.2. The summed E-state index contributed by atoms with van der Waals surface area (Å²) in [5.41, 5.74) is 1.89. The first-order valence-electron chi connectivity index (χ1n) is 10.7. The van der Waals surface area contributed by atoms with Crippen molar-refractivity contribution in [1.29, 1.82) is 0 Å². The van der Waals surface area contributed by atoms with E-state index in [1.807, 2.05) is 18.2 Å². The van der Waals surface area contributed by atoms with Crippen LogP contribution in [0.1, 0.15) is 55.5 Å². The van der Waals surface area contributed by atoms with Gasteiger partial charge in [-0.1, -0.05) is 31.9 Å². The smallest absolute Gasteiger partial charge is 0.253 e. The highest BCUT2D eigenvalue weighted by Crippen LogP contribution is 2.28. The molecular weight excluding hydrogens is 348 g/mol. The van der Waals surface area contributed by atoms with Crippen LogP contribution in [0.3, 0.4) is 0 Å². The second-order valence-electron chi connectivity index (χ2n) is 8.39. The van der Waals surface area contributed by atoms with Gasteiger partial charge >= 0.3 is 0 Å². The van der Waals surface area contributed by atoms with Crippen molar-refractivity contribution in [3.63, 3.8) is 0 Å². The fourth-order valence-electron chi connectivity index (χ4n) is 3.86. The Morgan fingerprint density at radius 3 is 2.54 bits per heavy atom. The van der Waals surface area contributed by atoms with Crippen molar-refractivity contribution < 1.29 is 4.79 Å². The average Bonchev–Trinajstić information content (AvgIpc) is 2.68. The zero-order chi connectivity index (χ0) is 20.5. The van der Waals surface area contributed by atoms with Crippen LogP contribution in [0.2, 0.25) is 0 Å². The molecule has 1 aromatic rings. The number of nitrogens with one attached hydrogen (secondary N) is 1. The van der Waals surface area contributed by atoms with Crippen LogP contribution in [0.5, 0.6) is 0 Å². The van der Waals surface area contributed by atoms with Crippen LogP contribution < -0.4 is 5.32 Å². The number of carbonyl (C=O) groups excluding carboxylic acids is 1. The number of rotatable bonds is 7. The van der Waals surface area contributed by atoms with Crippen LogP contribution in [0.4, 0.5) is 0 Å². The van der Waals surface area contributed by atoms with E-state index in [0.717, 1.165) is 48.4 Å². The van der Waals surface area contributed by atoms with Crippen molar-refractivity contribution >= 4 is 11.9 Å². The number of nitrogens with zero attached hydrogens (tertiary/aromatic N) is 3. The van der Waals surface area contributed by atoms with Gasteiger partial charge in [-0.25, -0.2) is 0 Å². The lowest BCUT2D eigenvalue weighted by molar-refractivity contribution is 0.0827. The molecule has 0 aliphatic heterocycles. The van der Waals surface area contributed by atoms with Crippen LogP contribution in [0.15, 0.2) is 29.3 Å². The monoisotopic (exact) mass is 386 g/mol. The van der Waals surface area contributed by atoms with Gasteiger partial charge in [-0.2, -0.15) is 0 Å². The molecule has 5 nitrogen and oxygen atoms in total. The van der Waals surface area contributed by atoms with E-state index in [2.05, 4.69) is 37.2 Å². The van der Waals surface area contributed by atoms with E-state index in [0.29, 0.717) is 6.54 Å². The van der Waals surface area contributed by atoms with Gasteiger partial charge in [-0.3, -0.25) is 9.79 Å². The number of amides is 1. The minimum Gasteiger partial charge on any atom is -0.357 e. The molecule has 156 valence electrons. The van der Waals surface area contributed by atoms with Crippen molar-refractivity contribution in [2.75, 3.05) is 40.8 Å². The summed E-state index contributed by atoms with van der Waals surface area (Å²) in [7, 11) is 5.71. The molecule has 1 aliphatic rings. The zero-order valence-electron chi connectivity index (χ0n) is 18.4. The Hall–Kier alpha value is -2.04. The maximum Gasteiger partial charge on any atom is 0.253 e. The highest BCUT2D eigenvalue weighted by Gasteiger charge is 2.20. The Morgan fingerprint density at radius 1 is 1.18 bits per heavy atom. The predicted molar refractivity (Wildman–Crippen MR) is 118 cm³/mol. The molecule has 0 radical (unpaired) electrons. The molecule has 0 spiro atoms. The lowest BCUT2D eigenvalue weighted by Gasteiger charge is -2.31. The van der Waals surface area contributed by atoms with Gasteiger partial charge in [-0.05, 0) is 55.7 Å². The maximum absolute atomic E-state index is 12.1. The summed E-state index contributed by atoms with van der Waals surface area (Å²) in [4.78, 5) is 20.9. The van der Waals surface area contributed by atoms with Crippen molar-refractivity contribution in [3.8, 4) is 0 Å². The first-order chi connectivity index (χ1) is 13.4. The Labute approximate surface area is 171 Å². The summed E-state index contributed by atoms with van der Waals surface area (Å²) in [5.74, 6) is 2.69. The Bertz CT molecular complexity index is 648. The normalized spacial score (nSPS) is 20.0. The molecule has 1 saturated carbocycles. The van der Waals surface area contributed by atoms with Crippen molar-refractivity contribution in [3.05, 3.63) is 35.4 Å². The molecule has 0 heterocycles. The van der Waals surface area contributed by atoms with Gasteiger partial charge in [0, 0.05) is 46.3 Å². The lowest BCUT2D eigenvalue weighted by atomic mass is 9.83. The molecule has 0 bridgehead atoms. The van der Waals surface area contributed by atoms with Crippen LogP contribution in [-0.2, 0) is 6.42 Å². The largest absolute Gasteiger partial charge is 0.357 e. The van der Waals surface area contributed by atoms with E-state index in [1.54, 1.807) is 19.0 Å². The molecule has 1 amide bonds. The van der Waals surface area contributed by atoms with Crippen LogP contribution in [-0.4, -0.2) is 62.4 Å². The maximum atomic E-state index is 12.1. The van der Waals surface area contributed by atoms with Gasteiger partial charge < -0.3 is 15.1 Å².